The van der Waals surface area contributed by atoms with Crippen LogP contribution < -0.4 is 11.7 Å². The van der Waals surface area contributed by atoms with Crippen molar-refractivity contribution >= 4 is 5.97 Å². The van der Waals surface area contributed by atoms with Crippen molar-refractivity contribution in [3.63, 3.8) is 0 Å². The number of hydrogen-bond donors (Lipinski definition) is 3. The van der Waals surface area contributed by atoms with Crippen LogP contribution in [0.4, 0.5) is 0 Å². The number of hydrogen-bond acceptors (Lipinski definition) is 4. The third-order valence-corrected chi connectivity index (χ3v) is 1.62. The molecule has 9 heavy (non-hydrogen) atoms. The van der Waals surface area contributed by atoms with Crippen molar-refractivity contribution in [3.05, 3.63) is 0 Å². The Morgan fingerprint density at radius 2 is 2.00 bits per heavy atom. The lowest BCUT2D eigenvalue weighted by atomic mass is 10.3. The highest BCUT2D eigenvalue weighted by molar-refractivity contribution is 5.82. The van der Waals surface area contributed by atoms with Crippen LogP contribution in [-0.4, -0.2) is 21.7 Å². The molecule has 0 amide bonds. The van der Waals surface area contributed by atoms with E-state index in [1.807, 2.05) is 0 Å². The first kappa shape index (κ1) is 6.47. The van der Waals surface area contributed by atoms with Crippen LogP contribution in [0.25, 0.3) is 0 Å². The van der Waals surface area contributed by atoms with Gasteiger partial charge in [0.2, 0.25) is 0 Å². The van der Waals surface area contributed by atoms with Gasteiger partial charge in [-0.15, -0.1) is 0 Å². The Hall–Kier alpha value is -0.650. The molecule has 0 bridgehead atoms. The summed E-state index contributed by atoms with van der Waals surface area (Å²) in [6.07, 6.45) is 1.10. The molecular formula is C4H9N3O2. The van der Waals surface area contributed by atoms with E-state index in [9.17, 15) is 4.79 Å². The molecule has 5 nitrogen and oxygen atoms in total. The zero-order chi connectivity index (χ0) is 7.07. The maximum absolute atomic E-state index is 10.3. The monoisotopic (exact) mass is 131 g/mol. The minimum Gasteiger partial charge on any atom is -0.480 e. The number of hydrazine groups is 2. The summed E-state index contributed by atoms with van der Waals surface area (Å²) in [5.74, 6) is 9.19. The van der Waals surface area contributed by atoms with Gasteiger partial charge in [0.1, 0.15) is 5.54 Å². The molecule has 0 saturated heterocycles. The minimum atomic E-state index is -0.944. The predicted molar refractivity (Wildman–Crippen MR) is 29.8 cm³/mol. The fourth-order valence-corrected chi connectivity index (χ4v) is 0.701. The van der Waals surface area contributed by atoms with Gasteiger partial charge in [-0.1, -0.05) is 0 Å². The zero-order valence-electron chi connectivity index (χ0n) is 4.87. The Balaban J connectivity index is 2.63. The molecule has 5 heteroatoms. The molecule has 5 N–H and O–H groups in total. The van der Waals surface area contributed by atoms with Crippen molar-refractivity contribution in [2.45, 2.75) is 18.4 Å². The van der Waals surface area contributed by atoms with Gasteiger partial charge >= 0.3 is 5.97 Å². The molecule has 1 saturated carbocycles. The van der Waals surface area contributed by atoms with E-state index in [-0.39, 0.29) is 0 Å². The van der Waals surface area contributed by atoms with Crippen molar-refractivity contribution in [2.24, 2.45) is 11.7 Å². The average molecular weight is 131 g/mol. The van der Waals surface area contributed by atoms with Crippen LogP contribution in [0.5, 0.6) is 0 Å². The van der Waals surface area contributed by atoms with E-state index in [2.05, 4.69) is 0 Å². The molecule has 52 valence electrons. The molecule has 0 aromatic rings. The molecule has 1 aliphatic carbocycles. The molecule has 1 rings (SSSR count). The number of carboxylic acids is 1. The molecule has 1 aliphatic rings. The Kier molecular flexibility index (Phi) is 1.20. The number of aliphatic carboxylic acids is 1. The van der Waals surface area contributed by atoms with Crippen LogP contribution in [0.2, 0.25) is 0 Å². The quantitative estimate of drug-likeness (QED) is 0.318. The largest absolute Gasteiger partial charge is 0.480 e. The number of nitrogens with two attached hydrogens (primary N) is 2. The Labute approximate surface area is 52.2 Å². The fraction of sp³-hybridized carbons (Fsp3) is 0.750. The van der Waals surface area contributed by atoms with Gasteiger partial charge in [0.15, 0.2) is 0 Å². The molecule has 0 radical (unpaired) electrons. The number of carbonyl (C=O) groups is 1. The van der Waals surface area contributed by atoms with Gasteiger partial charge in [-0.3, -0.25) is 16.5 Å². The van der Waals surface area contributed by atoms with Crippen LogP contribution in [0.15, 0.2) is 0 Å². The molecule has 0 aliphatic heterocycles. The maximum Gasteiger partial charge on any atom is 0.327 e. The van der Waals surface area contributed by atoms with E-state index in [1.165, 1.54) is 0 Å². The van der Waals surface area contributed by atoms with E-state index >= 15 is 0 Å². The van der Waals surface area contributed by atoms with E-state index in [0.717, 1.165) is 5.12 Å². The lowest BCUT2D eigenvalue weighted by molar-refractivity contribution is -0.145. The standard InChI is InChI=1S/C4H9N3O2/c5-7(6)4(1-2-4)3(8)9/h1-2,5-6H2,(H,8,9). The normalized spacial score (nSPS) is 22.1. The Morgan fingerprint density at radius 1 is 1.56 bits per heavy atom. The second-order valence-corrected chi connectivity index (χ2v) is 2.24. The molecular weight excluding hydrogens is 122 g/mol. The van der Waals surface area contributed by atoms with Crippen LogP contribution in [-0.2, 0) is 4.79 Å². The van der Waals surface area contributed by atoms with Crippen molar-refractivity contribution in [1.29, 1.82) is 0 Å². The topological polar surface area (TPSA) is 92.6 Å². The highest BCUT2D eigenvalue weighted by Gasteiger charge is 2.54. The summed E-state index contributed by atoms with van der Waals surface area (Å²) in [7, 11) is 0. The van der Waals surface area contributed by atoms with Crippen LogP contribution in [0.1, 0.15) is 12.8 Å². The first-order valence-corrected chi connectivity index (χ1v) is 2.62. The van der Waals surface area contributed by atoms with Gasteiger partial charge < -0.3 is 5.11 Å². The first-order chi connectivity index (χ1) is 4.09. The summed E-state index contributed by atoms with van der Waals surface area (Å²) in [6, 6.07) is 0. The third kappa shape index (κ3) is 0.787. The average Bonchev–Trinajstić information content (AvgIpc) is 2.40. The van der Waals surface area contributed by atoms with Gasteiger partial charge in [0, 0.05) is 0 Å². The highest BCUT2D eigenvalue weighted by Crippen LogP contribution is 2.38. The minimum absolute atomic E-state index is 0.551. The predicted octanol–water partition coefficient (Wildman–Crippen LogP) is -1.35. The van der Waals surface area contributed by atoms with Gasteiger partial charge in [-0.2, -0.15) is 5.12 Å². The summed E-state index contributed by atoms with van der Waals surface area (Å²) in [6.45, 7) is 0. The lowest BCUT2D eigenvalue weighted by Crippen LogP contribution is -2.52. The van der Waals surface area contributed by atoms with E-state index in [0.29, 0.717) is 12.8 Å². The van der Waals surface area contributed by atoms with E-state index in [4.69, 9.17) is 16.8 Å². The summed E-state index contributed by atoms with van der Waals surface area (Å²) in [5.41, 5.74) is -0.944. The Bertz CT molecular complexity index is 141. The van der Waals surface area contributed by atoms with Gasteiger partial charge in [-0.25, -0.2) is 0 Å². The number of carboxylic acid groups (broad SMARTS) is 1. The summed E-state index contributed by atoms with van der Waals surface area (Å²) >= 11 is 0. The summed E-state index contributed by atoms with van der Waals surface area (Å²) in [4.78, 5) is 10.3. The summed E-state index contributed by atoms with van der Waals surface area (Å²) < 4.78 is 0. The van der Waals surface area contributed by atoms with Gasteiger partial charge in [-0.05, 0) is 12.8 Å². The lowest BCUT2D eigenvalue weighted by Gasteiger charge is -2.16. The van der Waals surface area contributed by atoms with Crippen LogP contribution in [0, 0.1) is 0 Å². The van der Waals surface area contributed by atoms with Gasteiger partial charge in [0.05, 0.1) is 0 Å². The Morgan fingerprint density at radius 3 is 2.00 bits per heavy atom. The molecule has 0 heterocycles. The fourth-order valence-electron chi connectivity index (χ4n) is 0.701. The molecule has 0 unspecified atom stereocenters. The van der Waals surface area contributed by atoms with E-state index in [1.54, 1.807) is 0 Å². The maximum atomic E-state index is 10.3. The second kappa shape index (κ2) is 1.66. The second-order valence-electron chi connectivity index (χ2n) is 2.24. The van der Waals surface area contributed by atoms with Gasteiger partial charge in [0.25, 0.3) is 0 Å². The van der Waals surface area contributed by atoms with Crippen molar-refractivity contribution < 1.29 is 9.90 Å². The SMILES string of the molecule is NN(N)C1(C(=O)O)CC1. The summed E-state index contributed by atoms with van der Waals surface area (Å²) in [5, 5.41) is 9.25. The van der Waals surface area contributed by atoms with Crippen molar-refractivity contribution in [3.8, 4) is 0 Å². The van der Waals surface area contributed by atoms with Crippen molar-refractivity contribution in [1.82, 2.24) is 5.12 Å². The van der Waals surface area contributed by atoms with Crippen LogP contribution in [0.3, 0.4) is 0 Å². The number of rotatable bonds is 2. The zero-order valence-corrected chi connectivity index (χ0v) is 4.87. The third-order valence-electron chi connectivity index (χ3n) is 1.62. The molecule has 0 aromatic carbocycles. The number of nitrogens with zero attached hydrogens (tertiary/aromatic N) is 1. The molecule has 0 atom stereocenters. The first-order valence-electron chi connectivity index (χ1n) is 2.62. The highest BCUT2D eigenvalue weighted by atomic mass is 16.4. The molecule has 0 aromatic heterocycles. The smallest absolute Gasteiger partial charge is 0.327 e. The van der Waals surface area contributed by atoms with Crippen molar-refractivity contribution in [2.75, 3.05) is 0 Å². The molecule has 0 spiro atoms. The van der Waals surface area contributed by atoms with E-state index < -0.39 is 11.5 Å². The molecule has 1 fully saturated rings. The van der Waals surface area contributed by atoms with Crippen LogP contribution >= 0.6 is 0 Å².